The average Bonchev–Trinajstić information content (AvgIpc) is 3.36. The van der Waals surface area contributed by atoms with Crippen molar-refractivity contribution in [2.45, 2.75) is 19.8 Å². The molecule has 2 N–H and O–H groups in total. The summed E-state index contributed by atoms with van der Waals surface area (Å²) in [6.45, 7) is 0.995. The zero-order chi connectivity index (χ0) is 21.1. The lowest BCUT2D eigenvalue weighted by Crippen LogP contribution is -2.22. The maximum Gasteiger partial charge on any atom is 0.306 e. The molecule has 2 aromatic carbocycles. The zero-order valence-electron chi connectivity index (χ0n) is 16.3. The van der Waals surface area contributed by atoms with Crippen LogP contribution < -0.4 is 14.8 Å². The maximum atomic E-state index is 12.2. The molecule has 0 radical (unpaired) electrons. The number of carbonyl (C=O) groups is 3. The van der Waals surface area contributed by atoms with Gasteiger partial charge in [0.05, 0.1) is 5.69 Å². The van der Waals surface area contributed by atoms with E-state index in [0.717, 1.165) is 16.5 Å². The van der Waals surface area contributed by atoms with Gasteiger partial charge in [-0.3, -0.25) is 14.4 Å². The molecular formula is C22H20N2O6. The van der Waals surface area contributed by atoms with E-state index >= 15 is 0 Å². The summed E-state index contributed by atoms with van der Waals surface area (Å²) < 4.78 is 15.6. The van der Waals surface area contributed by atoms with Crippen molar-refractivity contribution in [3.63, 3.8) is 0 Å². The van der Waals surface area contributed by atoms with Crippen LogP contribution in [0, 0.1) is 0 Å². The molecule has 0 unspecified atom stereocenters. The highest BCUT2D eigenvalue weighted by Crippen LogP contribution is 2.37. The molecule has 0 spiro atoms. The number of benzene rings is 2. The number of nitrogens with one attached hydrogen (secondary N) is 2. The minimum atomic E-state index is -0.545. The van der Waals surface area contributed by atoms with Crippen molar-refractivity contribution >= 4 is 34.3 Å². The number of ether oxygens (including phenoxy) is 3. The second-order valence-corrected chi connectivity index (χ2v) is 6.88. The van der Waals surface area contributed by atoms with Crippen LogP contribution in [0.4, 0.5) is 5.69 Å². The van der Waals surface area contributed by atoms with Gasteiger partial charge < -0.3 is 24.5 Å². The Morgan fingerprint density at radius 3 is 2.70 bits per heavy atom. The lowest BCUT2D eigenvalue weighted by atomic mass is 10.1. The van der Waals surface area contributed by atoms with Crippen molar-refractivity contribution in [3.8, 4) is 11.5 Å². The highest BCUT2D eigenvalue weighted by Gasteiger charge is 2.20. The molecule has 1 aliphatic heterocycles. The first-order valence-electron chi connectivity index (χ1n) is 9.46. The number of rotatable bonds is 7. The summed E-state index contributed by atoms with van der Waals surface area (Å²) in [6.07, 6.45) is 2.52. The number of aromatic amines is 1. The molecule has 1 aliphatic rings. The lowest BCUT2D eigenvalue weighted by molar-refractivity contribution is -0.147. The predicted octanol–water partition coefficient (Wildman–Crippen LogP) is 3.21. The van der Waals surface area contributed by atoms with Gasteiger partial charge in [-0.25, -0.2) is 0 Å². The van der Waals surface area contributed by atoms with Gasteiger partial charge in [-0.15, -0.1) is 0 Å². The van der Waals surface area contributed by atoms with Gasteiger partial charge in [-0.1, -0.05) is 18.2 Å². The summed E-state index contributed by atoms with van der Waals surface area (Å²) in [5, 5.41) is 3.65. The minimum absolute atomic E-state index is 0.0537. The summed E-state index contributed by atoms with van der Waals surface area (Å²) in [7, 11) is 0. The topological polar surface area (TPSA) is 107 Å². The zero-order valence-corrected chi connectivity index (χ0v) is 16.3. The number of esters is 1. The van der Waals surface area contributed by atoms with Gasteiger partial charge in [0, 0.05) is 35.2 Å². The van der Waals surface area contributed by atoms with E-state index in [9.17, 15) is 14.4 Å². The fraction of sp³-hybridized carbons (Fsp3) is 0.227. The molecule has 0 bridgehead atoms. The number of aromatic nitrogens is 1. The highest BCUT2D eigenvalue weighted by atomic mass is 16.7. The fourth-order valence-corrected chi connectivity index (χ4v) is 3.32. The second kappa shape index (κ2) is 8.28. The van der Waals surface area contributed by atoms with Crippen molar-refractivity contribution in [2.75, 3.05) is 18.7 Å². The van der Waals surface area contributed by atoms with E-state index in [-0.39, 0.29) is 24.7 Å². The summed E-state index contributed by atoms with van der Waals surface area (Å²) in [4.78, 5) is 39.3. The molecule has 8 heteroatoms. The van der Waals surface area contributed by atoms with Crippen LogP contribution in [0.15, 0.2) is 42.6 Å². The summed E-state index contributed by atoms with van der Waals surface area (Å²) in [6, 6.07) is 10.9. The number of carbonyl (C=O) groups excluding carboxylic acids is 3. The Hall–Kier alpha value is -3.81. The van der Waals surface area contributed by atoms with E-state index in [0.29, 0.717) is 23.5 Å². The van der Waals surface area contributed by atoms with Crippen LogP contribution in [0.5, 0.6) is 11.5 Å². The van der Waals surface area contributed by atoms with Crippen molar-refractivity contribution in [1.29, 1.82) is 0 Å². The molecule has 3 aromatic rings. The number of amides is 1. The van der Waals surface area contributed by atoms with Crippen LogP contribution in [-0.2, 0) is 20.7 Å². The van der Waals surface area contributed by atoms with Crippen LogP contribution in [-0.4, -0.2) is 36.0 Å². The molecule has 0 aliphatic carbocycles. The van der Waals surface area contributed by atoms with Crippen molar-refractivity contribution < 1.29 is 28.6 Å². The summed E-state index contributed by atoms with van der Waals surface area (Å²) >= 11 is 0. The van der Waals surface area contributed by atoms with Crippen LogP contribution in [0.1, 0.15) is 29.3 Å². The molecule has 2 heterocycles. The Balaban J connectivity index is 1.31. The fourth-order valence-electron chi connectivity index (χ4n) is 3.32. The van der Waals surface area contributed by atoms with E-state index < -0.39 is 18.5 Å². The number of hydrogen-bond acceptors (Lipinski definition) is 6. The molecule has 154 valence electrons. The number of para-hydroxylation sites is 1. The number of hydrogen-bond donors (Lipinski definition) is 2. The molecule has 1 aromatic heterocycles. The maximum absolute atomic E-state index is 12.2. The number of H-pyrrole nitrogens is 1. The van der Waals surface area contributed by atoms with E-state index in [1.54, 1.807) is 0 Å². The first-order valence-corrected chi connectivity index (χ1v) is 9.46. The van der Waals surface area contributed by atoms with Crippen molar-refractivity contribution in [1.82, 2.24) is 4.98 Å². The first kappa shape index (κ1) is 19.5. The third-order valence-corrected chi connectivity index (χ3v) is 4.80. The quantitative estimate of drug-likeness (QED) is 0.459. The van der Waals surface area contributed by atoms with Gasteiger partial charge in [-0.2, -0.15) is 0 Å². The van der Waals surface area contributed by atoms with Crippen LogP contribution >= 0.6 is 0 Å². The van der Waals surface area contributed by atoms with Crippen LogP contribution in [0.3, 0.4) is 0 Å². The molecule has 0 saturated heterocycles. The molecule has 8 nitrogen and oxygen atoms in total. The Labute approximate surface area is 172 Å². The molecule has 30 heavy (non-hydrogen) atoms. The third kappa shape index (κ3) is 4.12. The number of fused-ring (bicyclic) bond motifs is 2. The van der Waals surface area contributed by atoms with E-state index in [1.165, 1.54) is 19.1 Å². The van der Waals surface area contributed by atoms with Gasteiger partial charge in [0.15, 0.2) is 23.9 Å². The molecular weight excluding hydrogens is 388 g/mol. The highest BCUT2D eigenvalue weighted by molar-refractivity contribution is 6.05. The molecule has 0 saturated carbocycles. The number of Topliss-reactive ketones (excluding diaryl/α,β-unsaturated/α-hetero) is 1. The van der Waals surface area contributed by atoms with Gasteiger partial charge in [0.2, 0.25) is 6.79 Å². The number of aryl methyl sites for hydroxylation is 1. The molecule has 4 rings (SSSR count). The number of ketones is 1. The smallest absolute Gasteiger partial charge is 0.306 e. The molecule has 0 atom stereocenters. The lowest BCUT2D eigenvalue weighted by Gasteiger charge is -2.11. The SMILES string of the molecule is CC(=O)c1cc2c(cc1NC(=O)COC(=O)CCc1c[nH]c3ccccc13)OCO2. The Kier molecular flexibility index (Phi) is 5.38. The Morgan fingerprint density at radius 2 is 1.90 bits per heavy atom. The first-order chi connectivity index (χ1) is 14.5. The van der Waals surface area contributed by atoms with E-state index in [2.05, 4.69) is 10.3 Å². The molecule has 1 amide bonds. The van der Waals surface area contributed by atoms with Gasteiger partial charge in [-0.05, 0) is 31.0 Å². The predicted molar refractivity (Wildman–Crippen MR) is 109 cm³/mol. The normalized spacial score (nSPS) is 12.0. The van der Waals surface area contributed by atoms with Gasteiger partial charge >= 0.3 is 5.97 Å². The Morgan fingerprint density at radius 1 is 1.13 bits per heavy atom. The number of anilines is 1. The Bertz CT molecular complexity index is 1130. The molecule has 0 fully saturated rings. The van der Waals surface area contributed by atoms with Crippen LogP contribution in [0.25, 0.3) is 10.9 Å². The second-order valence-electron chi connectivity index (χ2n) is 6.88. The standard InChI is InChI=1S/C22H20N2O6/c1-13(25)16-8-19-20(30-12-29-19)9-18(16)24-21(26)11-28-22(27)7-6-14-10-23-17-5-3-2-4-15(14)17/h2-5,8-10,23H,6-7,11-12H2,1H3,(H,24,26). The average molecular weight is 408 g/mol. The van der Waals surface area contributed by atoms with Gasteiger partial charge in [0.1, 0.15) is 0 Å². The van der Waals surface area contributed by atoms with Crippen LogP contribution in [0.2, 0.25) is 0 Å². The van der Waals surface area contributed by atoms with E-state index in [4.69, 9.17) is 14.2 Å². The third-order valence-electron chi connectivity index (χ3n) is 4.80. The minimum Gasteiger partial charge on any atom is -0.456 e. The van der Waals surface area contributed by atoms with Crippen molar-refractivity contribution in [3.05, 3.63) is 53.7 Å². The van der Waals surface area contributed by atoms with Crippen molar-refractivity contribution in [2.24, 2.45) is 0 Å². The largest absolute Gasteiger partial charge is 0.456 e. The summed E-state index contributed by atoms with van der Waals surface area (Å²) in [5.74, 6) is -0.378. The van der Waals surface area contributed by atoms with Gasteiger partial charge in [0.25, 0.3) is 5.91 Å². The van der Waals surface area contributed by atoms with E-state index in [1.807, 2.05) is 30.5 Å². The summed E-state index contributed by atoms with van der Waals surface area (Å²) in [5.41, 5.74) is 2.59. The monoisotopic (exact) mass is 408 g/mol.